The lowest BCUT2D eigenvalue weighted by atomic mass is 9.83. The maximum absolute atomic E-state index is 12.3. The van der Waals surface area contributed by atoms with Gasteiger partial charge in [-0.2, -0.15) is 0 Å². The summed E-state index contributed by atoms with van der Waals surface area (Å²) in [6.45, 7) is 0. The van der Waals surface area contributed by atoms with Crippen LogP contribution in [0.4, 0.5) is 0 Å². The van der Waals surface area contributed by atoms with Crippen molar-refractivity contribution in [1.29, 1.82) is 0 Å². The molecule has 0 aromatic heterocycles. The van der Waals surface area contributed by atoms with Gasteiger partial charge in [0.1, 0.15) is 5.75 Å². The Balaban J connectivity index is 2.04. The minimum absolute atomic E-state index is 0.138. The number of hydrogen-bond donors (Lipinski definition) is 2. The van der Waals surface area contributed by atoms with Crippen molar-refractivity contribution in [2.45, 2.75) is 38.1 Å². The van der Waals surface area contributed by atoms with Gasteiger partial charge in [-0.3, -0.25) is 4.79 Å². The summed E-state index contributed by atoms with van der Waals surface area (Å²) in [7, 11) is 1.60. The van der Waals surface area contributed by atoms with Gasteiger partial charge in [-0.25, -0.2) is 0 Å². The van der Waals surface area contributed by atoms with E-state index < -0.39 is 0 Å². The molecule has 114 valence electrons. The van der Waals surface area contributed by atoms with Crippen molar-refractivity contribution in [2.75, 3.05) is 7.11 Å². The smallest absolute Gasteiger partial charge is 0.251 e. The maximum Gasteiger partial charge on any atom is 0.251 e. The molecular formula is C16H22N2O2S. The van der Waals surface area contributed by atoms with E-state index in [1.165, 1.54) is 19.3 Å². The molecule has 4 nitrogen and oxygen atoms in total. The fourth-order valence-electron chi connectivity index (χ4n) is 2.86. The molecule has 21 heavy (non-hydrogen) atoms. The minimum atomic E-state index is -0.213. The molecule has 1 aromatic carbocycles. The monoisotopic (exact) mass is 306 g/mol. The molecule has 5 heteroatoms. The van der Waals surface area contributed by atoms with Crippen LogP contribution in [0, 0.1) is 5.92 Å². The van der Waals surface area contributed by atoms with Gasteiger partial charge in [0.15, 0.2) is 0 Å². The largest absolute Gasteiger partial charge is 0.497 e. The van der Waals surface area contributed by atoms with Crippen molar-refractivity contribution < 1.29 is 9.53 Å². The molecule has 1 aromatic rings. The van der Waals surface area contributed by atoms with Gasteiger partial charge in [0.05, 0.1) is 18.1 Å². The van der Waals surface area contributed by atoms with Crippen molar-refractivity contribution in [2.24, 2.45) is 11.7 Å². The Morgan fingerprint density at radius 1 is 1.29 bits per heavy atom. The highest BCUT2D eigenvalue weighted by Gasteiger charge is 2.27. The van der Waals surface area contributed by atoms with Crippen LogP contribution in [-0.2, 0) is 0 Å². The Bertz CT molecular complexity index is 496. The Hall–Kier alpha value is -1.62. The van der Waals surface area contributed by atoms with Crippen molar-refractivity contribution >= 4 is 23.1 Å². The highest BCUT2D eigenvalue weighted by atomic mass is 32.1. The minimum Gasteiger partial charge on any atom is -0.497 e. The molecular weight excluding hydrogens is 284 g/mol. The summed E-state index contributed by atoms with van der Waals surface area (Å²) in [5.41, 5.74) is 6.43. The van der Waals surface area contributed by atoms with E-state index in [0.717, 1.165) is 18.6 Å². The molecule has 1 saturated carbocycles. The van der Waals surface area contributed by atoms with Crippen LogP contribution in [0.25, 0.3) is 0 Å². The molecule has 0 bridgehead atoms. The Morgan fingerprint density at radius 3 is 2.43 bits per heavy atom. The number of amides is 1. The quantitative estimate of drug-likeness (QED) is 0.821. The standard InChI is InChI=1S/C16H22N2O2S/c1-20-13-9-7-12(8-10-13)16(19)18-14(15(17)21)11-5-3-2-4-6-11/h7-11,14H,2-6H2,1H3,(H2,17,21)(H,18,19). The van der Waals surface area contributed by atoms with E-state index in [2.05, 4.69) is 5.32 Å². The van der Waals surface area contributed by atoms with E-state index in [1.807, 2.05) is 0 Å². The molecule has 1 unspecified atom stereocenters. The Kier molecular flexibility index (Phi) is 5.56. The summed E-state index contributed by atoms with van der Waals surface area (Å²) in [6.07, 6.45) is 5.77. The first-order valence-electron chi connectivity index (χ1n) is 7.36. The number of thiocarbonyl (C=S) groups is 1. The van der Waals surface area contributed by atoms with Gasteiger partial charge in [0.25, 0.3) is 5.91 Å². The number of nitrogens with two attached hydrogens (primary N) is 1. The van der Waals surface area contributed by atoms with Crippen molar-refractivity contribution in [1.82, 2.24) is 5.32 Å². The van der Waals surface area contributed by atoms with Gasteiger partial charge in [-0.05, 0) is 43.0 Å². The third-order valence-electron chi connectivity index (χ3n) is 4.07. The second kappa shape index (κ2) is 7.41. The average Bonchev–Trinajstić information content (AvgIpc) is 2.53. The summed E-state index contributed by atoms with van der Waals surface area (Å²) in [5.74, 6) is 0.948. The number of hydrogen-bond acceptors (Lipinski definition) is 3. The maximum atomic E-state index is 12.3. The first kappa shape index (κ1) is 15.8. The van der Waals surface area contributed by atoms with Crippen LogP contribution >= 0.6 is 12.2 Å². The molecule has 1 atom stereocenters. The van der Waals surface area contributed by atoms with Crippen LogP contribution < -0.4 is 15.8 Å². The number of methoxy groups -OCH3 is 1. The number of rotatable bonds is 5. The SMILES string of the molecule is COc1ccc(C(=O)NC(C(N)=S)C2CCCCC2)cc1. The predicted molar refractivity (Wildman–Crippen MR) is 87.6 cm³/mol. The van der Waals surface area contributed by atoms with Crippen LogP contribution in [0.2, 0.25) is 0 Å². The molecule has 0 spiro atoms. The molecule has 1 aliphatic carbocycles. The third-order valence-corrected chi connectivity index (χ3v) is 4.32. The molecule has 1 amide bonds. The van der Waals surface area contributed by atoms with Gasteiger partial charge in [-0.1, -0.05) is 31.5 Å². The van der Waals surface area contributed by atoms with Crippen LogP contribution in [-0.4, -0.2) is 24.0 Å². The number of carbonyl (C=O) groups excluding carboxylic acids is 1. The first-order valence-corrected chi connectivity index (χ1v) is 7.77. The summed E-state index contributed by atoms with van der Waals surface area (Å²) in [5, 5.41) is 2.99. The number of ether oxygens (including phenoxy) is 1. The summed E-state index contributed by atoms with van der Waals surface area (Å²) in [6, 6.07) is 6.81. The molecule has 3 N–H and O–H groups in total. The molecule has 0 saturated heterocycles. The van der Waals surface area contributed by atoms with E-state index in [1.54, 1.807) is 31.4 Å². The lowest BCUT2D eigenvalue weighted by Crippen LogP contribution is -2.48. The Labute approximate surface area is 131 Å². The molecule has 0 heterocycles. The van der Waals surface area contributed by atoms with Crippen LogP contribution in [0.3, 0.4) is 0 Å². The predicted octanol–water partition coefficient (Wildman–Crippen LogP) is 2.66. The summed E-state index contributed by atoms with van der Waals surface area (Å²) in [4.78, 5) is 12.7. The lowest BCUT2D eigenvalue weighted by Gasteiger charge is -2.30. The second-order valence-corrected chi connectivity index (χ2v) is 5.95. The van der Waals surface area contributed by atoms with Crippen LogP contribution in [0.15, 0.2) is 24.3 Å². The lowest BCUT2D eigenvalue weighted by molar-refractivity contribution is 0.0932. The van der Waals surface area contributed by atoms with Gasteiger partial charge < -0.3 is 15.8 Å². The molecule has 0 radical (unpaired) electrons. The van der Waals surface area contributed by atoms with Gasteiger partial charge in [0.2, 0.25) is 0 Å². The van der Waals surface area contributed by atoms with Crippen molar-refractivity contribution in [3.63, 3.8) is 0 Å². The highest BCUT2D eigenvalue weighted by molar-refractivity contribution is 7.80. The Morgan fingerprint density at radius 2 is 1.90 bits per heavy atom. The van der Waals surface area contributed by atoms with E-state index in [0.29, 0.717) is 16.5 Å². The van der Waals surface area contributed by atoms with Crippen LogP contribution in [0.1, 0.15) is 42.5 Å². The zero-order valence-electron chi connectivity index (χ0n) is 12.3. The molecule has 1 fully saturated rings. The van der Waals surface area contributed by atoms with E-state index in [4.69, 9.17) is 22.7 Å². The zero-order chi connectivity index (χ0) is 15.2. The molecule has 2 rings (SSSR count). The summed E-state index contributed by atoms with van der Waals surface area (Å²) < 4.78 is 5.09. The molecule has 0 aliphatic heterocycles. The van der Waals surface area contributed by atoms with Gasteiger partial charge in [0, 0.05) is 5.56 Å². The normalized spacial score (nSPS) is 17.0. The van der Waals surface area contributed by atoms with E-state index in [-0.39, 0.29) is 11.9 Å². The summed E-state index contributed by atoms with van der Waals surface area (Å²) >= 11 is 5.15. The third kappa shape index (κ3) is 4.17. The van der Waals surface area contributed by atoms with Crippen molar-refractivity contribution in [3.05, 3.63) is 29.8 Å². The number of nitrogens with one attached hydrogen (secondary N) is 1. The van der Waals surface area contributed by atoms with Gasteiger partial charge in [-0.15, -0.1) is 0 Å². The zero-order valence-corrected chi connectivity index (χ0v) is 13.1. The topological polar surface area (TPSA) is 64.3 Å². The van der Waals surface area contributed by atoms with Crippen LogP contribution in [0.5, 0.6) is 5.75 Å². The van der Waals surface area contributed by atoms with E-state index >= 15 is 0 Å². The second-order valence-electron chi connectivity index (χ2n) is 5.48. The average molecular weight is 306 g/mol. The number of benzene rings is 1. The first-order chi connectivity index (χ1) is 10.1. The van der Waals surface area contributed by atoms with E-state index in [9.17, 15) is 4.79 Å². The fourth-order valence-corrected chi connectivity index (χ4v) is 3.11. The number of carbonyl (C=O) groups is 1. The highest BCUT2D eigenvalue weighted by Crippen LogP contribution is 2.27. The fraction of sp³-hybridized carbons (Fsp3) is 0.500. The van der Waals surface area contributed by atoms with Crippen molar-refractivity contribution in [3.8, 4) is 5.75 Å². The molecule has 1 aliphatic rings. The van der Waals surface area contributed by atoms with Gasteiger partial charge >= 0.3 is 0 Å².